The summed E-state index contributed by atoms with van der Waals surface area (Å²) in [5, 5.41) is 4.73. The Balaban J connectivity index is 1.70. The molecular weight excluding hydrogens is 394 g/mol. The highest BCUT2D eigenvalue weighted by Gasteiger charge is 2.43. The standard InChI is InChI=1S/C20H21N3O5S/c1-11(2)8-15(23-17(25)13-6-4-5-7-14(13)18(23)26)19(27)28-9-16(24)22-20-21-12(3)10-29-20/h4-7,10-11,15H,8-9H2,1-3H3,(H,21,22,24). The molecule has 8 nitrogen and oxygen atoms in total. The minimum Gasteiger partial charge on any atom is -0.454 e. The second-order valence-electron chi connectivity index (χ2n) is 7.12. The number of nitrogens with one attached hydrogen (secondary N) is 1. The molecule has 1 unspecified atom stereocenters. The number of amides is 3. The number of carbonyl (C=O) groups excluding carboxylic acids is 4. The number of nitrogens with zero attached hydrogens (tertiary/aromatic N) is 2. The maximum atomic E-state index is 12.7. The van der Waals surface area contributed by atoms with Gasteiger partial charge in [-0.05, 0) is 31.4 Å². The zero-order chi connectivity index (χ0) is 21.1. The van der Waals surface area contributed by atoms with Gasteiger partial charge in [0, 0.05) is 5.38 Å². The van der Waals surface area contributed by atoms with Crippen LogP contribution < -0.4 is 5.32 Å². The van der Waals surface area contributed by atoms with Crippen molar-refractivity contribution in [2.75, 3.05) is 11.9 Å². The van der Waals surface area contributed by atoms with E-state index in [4.69, 9.17) is 4.74 Å². The molecule has 1 aromatic carbocycles. The smallest absolute Gasteiger partial charge is 0.329 e. The summed E-state index contributed by atoms with van der Waals surface area (Å²) in [6, 6.07) is 5.33. The second kappa shape index (κ2) is 8.52. The van der Waals surface area contributed by atoms with Crippen LogP contribution in [0.1, 0.15) is 46.7 Å². The van der Waals surface area contributed by atoms with Crippen LogP contribution >= 0.6 is 11.3 Å². The minimum atomic E-state index is -1.10. The highest BCUT2D eigenvalue weighted by Crippen LogP contribution is 2.27. The molecule has 1 N–H and O–H groups in total. The summed E-state index contributed by atoms with van der Waals surface area (Å²) in [7, 11) is 0. The zero-order valence-electron chi connectivity index (χ0n) is 16.3. The number of thiazole rings is 1. The number of fused-ring (bicyclic) bond motifs is 1. The van der Waals surface area contributed by atoms with Crippen molar-refractivity contribution in [2.24, 2.45) is 5.92 Å². The monoisotopic (exact) mass is 415 g/mol. The van der Waals surface area contributed by atoms with Gasteiger partial charge >= 0.3 is 5.97 Å². The Labute approximate surface area is 171 Å². The first kappa shape index (κ1) is 20.7. The van der Waals surface area contributed by atoms with E-state index in [1.807, 2.05) is 13.8 Å². The molecule has 29 heavy (non-hydrogen) atoms. The first-order chi connectivity index (χ1) is 13.8. The Morgan fingerprint density at radius 3 is 2.31 bits per heavy atom. The number of carbonyl (C=O) groups is 4. The van der Waals surface area contributed by atoms with E-state index in [-0.39, 0.29) is 23.5 Å². The molecule has 0 spiro atoms. The van der Waals surface area contributed by atoms with Gasteiger partial charge in [-0.15, -0.1) is 11.3 Å². The van der Waals surface area contributed by atoms with Gasteiger partial charge in [-0.3, -0.25) is 24.6 Å². The molecule has 1 atom stereocenters. The summed E-state index contributed by atoms with van der Waals surface area (Å²) in [4.78, 5) is 55.2. The largest absolute Gasteiger partial charge is 0.454 e. The van der Waals surface area contributed by atoms with Crippen molar-refractivity contribution in [2.45, 2.75) is 33.2 Å². The lowest BCUT2D eigenvalue weighted by molar-refractivity contribution is -0.151. The van der Waals surface area contributed by atoms with E-state index in [0.29, 0.717) is 5.13 Å². The Morgan fingerprint density at radius 2 is 1.79 bits per heavy atom. The van der Waals surface area contributed by atoms with Crippen LogP contribution in [-0.4, -0.2) is 46.2 Å². The molecule has 9 heteroatoms. The number of esters is 1. The fourth-order valence-electron chi connectivity index (χ4n) is 3.04. The third-order valence-corrected chi connectivity index (χ3v) is 5.19. The molecule has 2 aromatic rings. The first-order valence-electron chi connectivity index (χ1n) is 9.13. The van der Waals surface area contributed by atoms with Gasteiger partial charge < -0.3 is 4.74 Å². The summed E-state index contributed by atoms with van der Waals surface area (Å²) in [5.41, 5.74) is 1.29. The van der Waals surface area contributed by atoms with Crippen LogP contribution in [0.4, 0.5) is 5.13 Å². The molecule has 152 valence electrons. The maximum Gasteiger partial charge on any atom is 0.329 e. The van der Waals surface area contributed by atoms with Crippen molar-refractivity contribution in [3.63, 3.8) is 0 Å². The Kier molecular flexibility index (Phi) is 6.07. The van der Waals surface area contributed by atoms with Crippen LogP contribution in [0.25, 0.3) is 0 Å². The van der Waals surface area contributed by atoms with Crippen LogP contribution in [0.2, 0.25) is 0 Å². The van der Waals surface area contributed by atoms with Crippen LogP contribution in [0.3, 0.4) is 0 Å². The molecule has 3 amide bonds. The summed E-state index contributed by atoms with van der Waals surface area (Å²) in [5.74, 6) is -2.38. The molecule has 3 rings (SSSR count). The lowest BCUT2D eigenvalue weighted by Gasteiger charge is -2.25. The van der Waals surface area contributed by atoms with E-state index in [1.54, 1.807) is 36.6 Å². The molecule has 0 radical (unpaired) electrons. The third-order valence-electron chi connectivity index (χ3n) is 4.31. The predicted molar refractivity (Wildman–Crippen MR) is 107 cm³/mol. The number of aryl methyl sites for hydroxylation is 1. The molecule has 1 aliphatic rings. The lowest BCUT2D eigenvalue weighted by atomic mass is 10.0. The number of ether oxygens (including phenoxy) is 1. The molecular formula is C20H21N3O5S. The predicted octanol–water partition coefficient (Wildman–Crippen LogP) is 2.64. The number of anilines is 1. The topological polar surface area (TPSA) is 106 Å². The minimum absolute atomic E-state index is 0.0176. The van der Waals surface area contributed by atoms with Crippen LogP contribution in [0.5, 0.6) is 0 Å². The molecule has 0 bridgehead atoms. The Hall–Kier alpha value is -3.07. The van der Waals surface area contributed by atoms with Crippen molar-refractivity contribution in [3.05, 3.63) is 46.5 Å². The van der Waals surface area contributed by atoms with Crippen LogP contribution in [-0.2, 0) is 14.3 Å². The number of hydrogen-bond acceptors (Lipinski definition) is 7. The average Bonchev–Trinajstić information content (AvgIpc) is 3.19. The SMILES string of the molecule is Cc1csc(NC(=O)COC(=O)C(CC(C)C)N2C(=O)c3ccccc3C2=O)n1. The highest BCUT2D eigenvalue weighted by molar-refractivity contribution is 7.13. The summed E-state index contributed by atoms with van der Waals surface area (Å²) >= 11 is 1.26. The van der Waals surface area contributed by atoms with Crippen molar-refractivity contribution in [1.82, 2.24) is 9.88 Å². The van der Waals surface area contributed by atoms with Crippen molar-refractivity contribution in [3.8, 4) is 0 Å². The van der Waals surface area contributed by atoms with Crippen molar-refractivity contribution < 1.29 is 23.9 Å². The van der Waals surface area contributed by atoms with E-state index in [9.17, 15) is 19.2 Å². The molecule has 2 heterocycles. The third kappa shape index (κ3) is 4.51. The van der Waals surface area contributed by atoms with Gasteiger partial charge in [-0.1, -0.05) is 26.0 Å². The average molecular weight is 415 g/mol. The molecule has 1 aliphatic heterocycles. The normalized spacial score (nSPS) is 14.1. The van der Waals surface area contributed by atoms with Gasteiger partial charge in [0.1, 0.15) is 6.04 Å². The lowest BCUT2D eigenvalue weighted by Crippen LogP contribution is -2.46. The fraction of sp³-hybridized carbons (Fsp3) is 0.350. The van der Waals surface area contributed by atoms with E-state index in [1.165, 1.54) is 11.3 Å². The number of aromatic nitrogens is 1. The van der Waals surface area contributed by atoms with Crippen LogP contribution in [0, 0.1) is 12.8 Å². The highest BCUT2D eigenvalue weighted by atomic mass is 32.1. The van der Waals surface area contributed by atoms with Crippen molar-refractivity contribution >= 4 is 40.2 Å². The van der Waals surface area contributed by atoms with E-state index < -0.39 is 36.3 Å². The first-order valence-corrected chi connectivity index (χ1v) is 10.0. The molecule has 0 aliphatic carbocycles. The number of rotatable bonds is 7. The molecule has 0 saturated heterocycles. The van der Waals surface area contributed by atoms with E-state index in [2.05, 4.69) is 10.3 Å². The van der Waals surface area contributed by atoms with Crippen molar-refractivity contribution in [1.29, 1.82) is 0 Å². The molecule has 0 saturated carbocycles. The molecule has 0 fully saturated rings. The van der Waals surface area contributed by atoms with Gasteiger partial charge in [0.15, 0.2) is 11.7 Å². The second-order valence-corrected chi connectivity index (χ2v) is 7.98. The number of hydrogen-bond donors (Lipinski definition) is 1. The number of benzene rings is 1. The van der Waals surface area contributed by atoms with Gasteiger partial charge in [0.05, 0.1) is 16.8 Å². The Morgan fingerprint density at radius 1 is 1.17 bits per heavy atom. The number of imide groups is 1. The van der Waals surface area contributed by atoms with Gasteiger partial charge in [0.2, 0.25) is 0 Å². The van der Waals surface area contributed by atoms with Gasteiger partial charge in [-0.2, -0.15) is 0 Å². The molecule has 1 aromatic heterocycles. The van der Waals surface area contributed by atoms with E-state index in [0.717, 1.165) is 10.6 Å². The quantitative estimate of drug-likeness (QED) is 0.550. The summed E-state index contributed by atoms with van der Waals surface area (Å²) in [6.45, 7) is 5.01. The Bertz CT molecular complexity index is 934. The zero-order valence-corrected chi connectivity index (χ0v) is 17.1. The summed E-state index contributed by atoms with van der Waals surface area (Å²) in [6.07, 6.45) is 0.234. The maximum absolute atomic E-state index is 12.7. The van der Waals surface area contributed by atoms with E-state index >= 15 is 0 Å². The summed E-state index contributed by atoms with van der Waals surface area (Å²) < 4.78 is 5.13. The van der Waals surface area contributed by atoms with Crippen LogP contribution in [0.15, 0.2) is 29.6 Å². The fourth-order valence-corrected chi connectivity index (χ4v) is 3.75. The van der Waals surface area contributed by atoms with Gasteiger partial charge in [-0.25, -0.2) is 9.78 Å². The van der Waals surface area contributed by atoms with Gasteiger partial charge in [0.25, 0.3) is 17.7 Å².